The van der Waals surface area contributed by atoms with Gasteiger partial charge in [-0.3, -0.25) is 4.79 Å². The summed E-state index contributed by atoms with van der Waals surface area (Å²) in [5.74, 6) is 1.63. The second-order valence-corrected chi connectivity index (χ2v) is 6.60. The maximum Gasteiger partial charge on any atom is 0.230 e. The number of carbonyl (C=O) groups excluding carboxylic acids is 1. The Labute approximate surface area is 126 Å². The smallest absolute Gasteiger partial charge is 0.230 e. The van der Waals surface area contributed by atoms with E-state index in [1.54, 1.807) is 17.0 Å². The molecule has 0 bridgehead atoms. The number of rotatable bonds is 4. The molecule has 1 aliphatic heterocycles. The van der Waals surface area contributed by atoms with E-state index in [1.165, 1.54) is 19.5 Å². The first-order valence-corrected chi connectivity index (χ1v) is 7.79. The first kappa shape index (κ1) is 15.3. The molecule has 0 aromatic heterocycles. The number of amides is 1. The molecule has 110 valence electrons. The van der Waals surface area contributed by atoms with Gasteiger partial charge in [-0.1, -0.05) is 25.4 Å². The normalized spacial score (nSPS) is 26.2. The first-order valence-electron chi connectivity index (χ1n) is 7.42. The van der Waals surface area contributed by atoms with Gasteiger partial charge in [0, 0.05) is 22.5 Å². The molecule has 0 radical (unpaired) electrons. The molecule has 1 heterocycles. The summed E-state index contributed by atoms with van der Waals surface area (Å²) in [6.07, 6.45) is 1.90. The van der Waals surface area contributed by atoms with Gasteiger partial charge in [0.05, 0.1) is 26.1 Å². The molecule has 0 aliphatic carbocycles. The molecule has 1 amide bonds. The fourth-order valence-electron chi connectivity index (χ4n) is 3.17. The van der Waals surface area contributed by atoms with Gasteiger partial charge in [-0.25, -0.2) is 0 Å². The number of quaternary nitrogens is 1. The summed E-state index contributed by atoms with van der Waals surface area (Å²) in [6, 6.07) is 7.24. The molecule has 0 saturated carbocycles. The van der Waals surface area contributed by atoms with Crippen LogP contribution in [-0.2, 0) is 4.79 Å². The van der Waals surface area contributed by atoms with Gasteiger partial charge in [0.1, 0.15) is 0 Å². The lowest BCUT2D eigenvalue weighted by Crippen LogP contribution is -3.14. The van der Waals surface area contributed by atoms with Crippen LogP contribution >= 0.6 is 11.6 Å². The molecule has 1 aliphatic rings. The molecule has 2 atom stereocenters. The van der Waals surface area contributed by atoms with Gasteiger partial charge in [0.2, 0.25) is 5.91 Å². The van der Waals surface area contributed by atoms with Crippen LogP contribution in [-0.4, -0.2) is 25.5 Å². The summed E-state index contributed by atoms with van der Waals surface area (Å²) in [5, 5.41) is 3.60. The highest BCUT2D eigenvalue weighted by Crippen LogP contribution is 2.14. The zero-order chi connectivity index (χ0) is 14.5. The van der Waals surface area contributed by atoms with Crippen LogP contribution in [0.2, 0.25) is 5.02 Å². The minimum absolute atomic E-state index is 0.0886. The van der Waals surface area contributed by atoms with Crippen molar-refractivity contribution in [2.45, 2.75) is 26.7 Å². The molecule has 2 rings (SSSR count). The Balaban J connectivity index is 1.76. The van der Waals surface area contributed by atoms with E-state index in [0.29, 0.717) is 11.4 Å². The van der Waals surface area contributed by atoms with Crippen molar-refractivity contribution in [3.63, 3.8) is 0 Å². The van der Waals surface area contributed by atoms with E-state index < -0.39 is 0 Å². The molecule has 4 heteroatoms. The monoisotopic (exact) mass is 295 g/mol. The van der Waals surface area contributed by atoms with Crippen molar-refractivity contribution in [3.05, 3.63) is 29.3 Å². The summed E-state index contributed by atoms with van der Waals surface area (Å²) in [4.78, 5) is 13.5. The molecule has 0 unspecified atom stereocenters. The van der Waals surface area contributed by atoms with Crippen molar-refractivity contribution in [3.8, 4) is 0 Å². The average molecular weight is 296 g/mol. The van der Waals surface area contributed by atoms with E-state index in [1.807, 2.05) is 12.1 Å². The fourth-order valence-corrected chi connectivity index (χ4v) is 3.30. The molecule has 2 N–H and O–H groups in total. The molecule has 1 fully saturated rings. The van der Waals surface area contributed by atoms with E-state index in [0.717, 1.165) is 24.1 Å². The summed E-state index contributed by atoms with van der Waals surface area (Å²) in [5.41, 5.74) is 0.815. The highest BCUT2D eigenvalue weighted by Gasteiger charge is 2.25. The Kier molecular flexibility index (Phi) is 5.44. The molecule has 1 aromatic rings. The minimum atomic E-state index is 0.0886. The molecule has 0 spiro atoms. The zero-order valence-electron chi connectivity index (χ0n) is 12.3. The second kappa shape index (κ2) is 7.09. The standard InChI is InChI=1S/C16H23ClN2O/c1-12-9-13(2)11-19(10-12)8-7-16(20)18-15-5-3-14(17)4-6-15/h3-6,12-13H,7-11H2,1-2H3,(H,18,20)/p+1/t12-,13-/m1/s1. The lowest BCUT2D eigenvalue weighted by atomic mass is 9.92. The van der Waals surface area contributed by atoms with Crippen molar-refractivity contribution in [1.82, 2.24) is 0 Å². The Morgan fingerprint density at radius 1 is 1.25 bits per heavy atom. The largest absolute Gasteiger partial charge is 0.334 e. The quantitative estimate of drug-likeness (QED) is 0.877. The summed E-state index contributed by atoms with van der Waals surface area (Å²) >= 11 is 5.82. The number of anilines is 1. The molecule has 1 aromatic carbocycles. The van der Waals surface area contributed by atoms with Crippen molar-refractivity contribution in [1.29, 1.82) is 0 Å². The van der Waals surface area contributed by atoms with Crippen LogP contribution in [0.5, 0.6) is 0 Å². The highest BCUT2D eigenvalue weighted by atomic mass is 35.5. The Morgan fingerprint density at radius 2 is 1.85 bits per heavy atom. The molecular formula is C16H24ClN2O+. The topological polar surface area (TPSA) is 33.5 Å². The number of hydrogen-bond donors (Lipinski definition) is 2. The van der Waals surface area contributed by atoms with Gasteiger partial charge in [-0.05, 0) is 30.7 Å². The van der Waals surface area contributed by atoms with Gasteiger partial charge in [-0.15, -0.1) is 0 Å². The van der Waals surface area contributed by atoms with Gasteiger partial charge < -0.3 is 10.2 Å². The third kappa shape index (κ3) is 4.80. The number of nitrogens with one attached hydrogen (secondary N) is 2. The lowest BCUT2D eigenvalue weighted by molar-refractivity contribution is -0.911. The Bertz CT molecular complexity index is 436. The number of likely N-dealkylation sites (tertiary alicyclic amines) is 1. The number of hydrogen-bond acceptors (Lipinski definition) is 1. The summed E-state index contributed by atoms with van der Waals surface area (Å²) in [7, 11) is 0. The number of benzene rings is 1. The Hall–Kier alpha value is -1.06. The zero-order valence-corrected chi connectivity index (χ0v) is 13.0. The van der Waals surface area contributed by atoms with Crippen LogP contribution in [0, 0.1) is 11.8 Å². The predicted octanol–water partition coefficient (Wildman–Crippen LogP) is 2.23. The number of piperidine rings is 1. The van der Waals surface area contributed by atoms with Gasteiger partial charge >= 0.3 is 0 Å². The fraction of sp³-hybridized carbons (Fsp3) is 0.562. The van der Waals surface area contributed by atoms with E-state index >= 15 is 0 Å². The van der Waals surface area contributed by atoms with Crippen molar-refractivity contribution < 1.29 is 9.69 Å². The van der Waals surface area contributed by atoms with Gasteiger partial charge in [0.15, 0.2) is 0 Å². The third-order valence-corrected chi connectivity index (χ3v) is 4.16. The predicted molar refractivity (Wildman–Crippen MR) is 83.2 cm³/mol. The van der Waals surface area contributed by atoms with Crippen LogP contribution in [0.3, 0.4) is 0 Å². The Morgan fingerprint density at radius 3 is 2.45 bits per heavy atom. The average Bonchev–Trinajstić information content (AvgIpc) is 2.38. The number of halogens is 1. The van der Waals surface area contributed by atoms with E-state index in [-0.39, 0.29) is 5.91 Å². The third-order valence-electron chi connectivity index (χ3n) is 3.91. The summed E-state index contributed by atoms with van der Waals surface area (Å²) in [6.45, 7) is 7.93. The first-order chi connectivity index (χ1) is 9.52. The molecular weight excluding hydrogens is 272 g/mol. The summed E-state index contributed by atoms with van der Waals surface area (Å²) < 4.78 is 0. The second-order valence-electron chi connectivity index (χ2n) is 6.16. The van der Waals surface area contributed by atoms with Crippen LogP contribution in [0.1, 0.15) is 26.7 Å². The lowest BCUT2D eigenvalue weighted by Gasteiger charge is -2.31. The van der Waals surface area contributed by atoms with Crippen molar-refractivity contribution >= 4 is 23.2 Å². The van der Waals surface area contributed by atoms with Crippen molar-refractivity contribution in [2.24, 2.45) is 11.8 Å². The molecule has 3 nitrogen and oxygen atoms in total. The van der Waals surface area contributed by atoms with Gasteiger partial charge in [0.25, 0.3) is 0 Å². The van der Waals surface area contributed by atoms with Crippen molar-refractivity contribution in [2.75, 3.05) is 25.0 Å². The van der Waals surface area contributed by atoms with E-state index in [4.69, 9.17) is 11.6 Å². The highest BCUT2D eigenvalue weighted by molar-refractivity contribution is 6.30. The van der Waals surface area contributed by atoms with Crippen LogP contribution in [0.25, 0.3) is 0 Å². The van der Waals surface area contributed by atoms with Crippen LogP contribution in [0.4, 0.5) is 5.69 Å². The minimum Gasteiger partial charge on any atom is -0.334 e. The molecule has 20 heavy (non-hydrogen) atoms. The molecule has 1 saturated heterocycles. The maximum absolute atomic E-state index is 11.9. The SMILES string of the molecule is C[C@@H]1C[C@@H](C)C[NH+](CCC(=O)Nc2ccc(Cl)cc2)C1. The van der Waals surface area contributed by atoms with Crippen LogP contribution < -0.4 is 10.2 Å². The van der Waals surface area contributed by atoms with E-state index in [9.17, 15) is 4.79 Å². The van der Waals surface area contributed by atoms with E-state index in [2.05, 4.69) is 19.2 Å². The van der Waals surface area contributed by atoms with Gasteiger partial charge in [-0.2, -0.15) is 0 Å². The maximum atomic E-state index is 11.9. The number of carbonyl (C=O) groups is 1. The van der Waals surface area contributed by atoms with Crippen LogP contribution in [0.15, 0.2) is 24.3 Å².